The van der Waals surface area contributed by atoms with Crippen LogP contribution in [0.4, 0.5) is 5.69 Å². The highest BCUT2D eigenvalue weighted by Gasteiger charge is 2.16. The van der Waals surface area contributed by atoms with Crippen molar-refractivity contribution in [3.8, 4) is 5.75 Å². The summed E-state index contributed by atoms with van der Waals surface area (Å²) in [7, 11) is 1.69. The van der Waals surface area contributed by atoms with Gasteiger partial charge in [-0.2, -0.15) is 0 Å². The lowest BCUT2D eigenvalue weighted by atomic mass is 10.1. The van der Waals surface area contributed by atoms with E-state index < -0.39 is 0 Å². The maximum atomic E-state index is 5.13. The standard InChI is InChI=1S/C10H13NO/c1-7-5-8-3-4-9(12-2)6-10(8)11-7/h3-4,6-7,11H,5H2,1-2H3/t7-/m1/s1. The normalized spacial score (nSPS) is 20.0. The molecule has 2 heteroatoms. The highest BCUT2D eigenvalue weighted by molar-refractivity contribution is 5.59. The zero-order chi connectivity index (χ0) is 8.55. The summed E-state index contributed by atoms with van der Waals surface area (Å²) < 4.78 is 5.13. The highest BCUT2D eigenvalue weighted by atomic mass is 16.5. The zero-order valence-electron chi connectivity index (χ0n) is 7.42. The van der Waals surface area contributed by atoms with E-state index in [0.29, 0.717) is 6.04 Å². The second-order valence-electron chi connectivity index (χ2n) is 3.27. The van der Waals surface area contributed by atoms with Crippen molar-refractivity contribution in [1.82, 2.24) is 0 Å². The number of anilines is 1. The molecule has 1 heterocycles. The van der Waals surface area contributed by atoms with E-state index in [9.17, 15) is 0 Å². The first-order valence-corrected chi connectivity index (χ1v) is 4.23. The molecule has 2 rings (SSSR count). The lowest BCUT2D eigenvalue weighted by Crippen LogP contribution is -2.08. The van der Waals surface area contributed by atoms with Crippen molar-refractivity contribution in [2.75, 3.05) is 12.4 Å². The minimum atomic E-state index is 0.562. The molecule has 1 aromatic rings. The molecule has 0 saturated heterocycles. The third kappa shape index (κ3) is 1.13. The van der Waals surface area contributed by atoms with Crippen molar-refractivity contribution in [3.63, 3.8) is 0 Å². The van der Waals surface area contributed by atoms with E-state index in [0.717, 1.165) is 12.2 Å². The van der Waals surface area contributed by atoms with Crippen LogP contribution in [0, 0.1) is 0 Å². The number of hydrogen-bond acceptors (Lipinski definition) is 2. The fraction of sp³-hybridized carbons (Fsp3) is 0.400. The van der Waals surface area contributed by atoms with Gasteiger partial charge in [0.15, 0.2) is 0 Å². The Hall–Kier alpha value is -1.18. The molecule has 0 saturated carbocycles. The molecular weight excluding hydrogens is 150 g/mol. The molecule has 1 N–H and O–H groups in total. The van der Waals surface area contributed by atoms with Crippen molar-refractivity contribution < 1.29 is 4.74 Å². The van der Waals surface area contributed by atoms with Gasteiger partial charge in [-0.1, -0.05) is 6.07 Å². The predicted octanol–water partition coefficient (Wildman–Crippen LogP) is 2.05. The SMILES string of the molecule is COc1ccc2c(c1)N[C@H](C)C2. The fourth-order valence-corrected chi connectivity index (χ4v) is 1.64. The van der Waals surface area contributed by atoms with Crippen molar-refractivity contribution in [3.05, 3.63) is 23.8 Å². The smallest absolute Gasteiger partial charge is 0.120 e. The molecule has 0 spiro atoms. The summed E-state index contributed by atoms with van der Waals surface area (Å²) >= 11 is 0. The lowest BCUT2D eigenvalue weighted by Gasteiger charge is -2.04. The molecule has 1 aromatic carbocycles. The predicted molar refractivity (Wildman–Crippen MR) is 49.8 cm³/mol. The molecule has 0 aliphatic carbocycles. The average Bonchev–Trinajstić information content (AvgIpc) is 2.43. The molecule has 0 radical (unpaired) electrons. The first-order valence-electron chi connectivity index (χ1n) is 4.23. The molecule has 0 fully saturated rings. The van der Waals surface area contributed by atoms with Gasteiger partial charge in [-0.05, 0) is 25.0 Å². The topological polar surface area (TPSA) is 21.3 Å². The Balaban J connectivity index is 2.35. The van der Waals surface area contributed by atoms with E-state index in [-0.39, 0.29) is 0 Å². The largest absolute Gasteiger partial charge is 0.497 e. The van der Waals surface area contributed by atoms with Crippen molar-refractivity contribution in [2.24, 2.45) is 0 Å². The van der Waals surface area contributed by atoms with Gasteiger partial charge in [0.2, 0.25) is 0 Å². The average molecular weight is 163 g/mol. The molecule has 1 aliphatic heterocycles. The maximum absolute atomic E-state index is 5.13. The van der Waals surface area contributed by atoms with Crippen LogP contribution in [0.3, 0.4) is 0 Å². The van der Waals surface area contributed by atoms with Crippen LogP contribution in [0.5, 0.6) is 5.75 Å². The molecular formula is C10H13NO. The van der Waals surface area contributed by atoms with Crippen LogP contribution >= 0.6 is 0 Å². The second-order valence-corrected chi connectivity index (χ2v) is 3.27. The summed E-state index contributed by atoms with van der Waals surface area (Å²) in [6.45, 7) is 2.19. The number of rotatable bonds is 1. The Morgan fingerprint density at radius 2 is 2.33 bits per heavy atom. The minimum Gasteiger partial charge on any atom is -0.497 e. The van der Waals surface area contributed by atoms with Crippen LogP contribution < -0.4 is 10.1 Å². The molecule has 1 aliphatic rings. The van der Waals surface area contributed by atoms with Crippen LogP contribution in [0.25, 0.3) is 0 Å². The summed E-state index contributed by atoms with van der Waals surface area (Å²) in [6, 6.07) is 6.76. The summed E-state index contributed by atoms with van der Waals surface area (Å²) in [4.78, 5) is 0. The van der Waals surface area contributed by atoms with E-state index in [1.54, 1.807) is 7.11 Å². The quantitative estimate of drug-likeness (QED) is 0.684. The molecule has 0 aromatic heterocycles. The Bertz CT molecular complexity index is 296. The number of nitrogens with one attached hydrogen (secondary N) is 1. The highest BCUT2D eigenvalue weighted by Crippen LogP contribution is 2.29. The summed E-state index contributed by atoms with van der Waals surface area (Å²) in [6.07, 6.45) is 1.12. The first-order chi connectivity index (χ1) is 5.79. The molecule has 0 unspecified atom stereocenters. The molecule has 64 valence electrons. The Morgan fingerprint density at radius 1 is 1.50 bits per heavy atom. The zero-order valence-corrected chi connectivity index (χ0v) is 7.42. The molecule has 0 bridgehead atoms. The number of fused-ring (bicyclic) bond motifs is 1. The van der Waals surface area contributed by atoms with Gasteiger partial charge < -0.3 is 10.1 Å². The van der Waals surface area contributed by atoms with Gasteiger partial charge in [-0.25, -0.2) is 0 Å². The van der Waals surface area contributed by atoms with E-state index in [1.807, 2.05) is 6.07 Å². The first kappa shape index (κ1) is 7.47. The van der Waals surface area contributed by atoms with E-state index in [1.165, 1.54) is 11.3 Å². The Kier molecular flexibility index (Phi) is 1.68. The molecule has 1 atom stereocenters. The number of hydrogen-bond donors (Lipinski definition) is 1. The monoisotopic (exact) mass is 163 g/mol. The molecule has 0 amide bonds. The Labute approximate surface area is 72.5 Å². The van der Waals surface area contributed by atoms with E-state index >= 15 is 0 Å². The lowest BCUT2D eigenvalue weighted by molar-refractivity contribution is 0.415. The van der Waals surface area contributed by atoms with Crippen molar-refractivity contribution in [1.29, 1.82) is 0 Å². The van der Waals surface area contributed by atoms with Crippen molar-refractivity contribution >= 4 is 5.69 Å². The van der Waals surface area contributed by atoms with E-state index in [4.69, 9.17) is 4.74 Å². The third-order valence-electron chi connectivity index (χ3n) is 2.25. The van der Waals surface area contributed by atoms with Gasteiger partial charge >= 0.3 is 0 Å². The fourth-order valence-electron chi connectivity index (χ4n) is 1.64. The van der Waals surface area contributed by atoms with Crippen LogP contribution in [-0.2, 0) is 6.42 Å². The minimum absolute atomic E-state index is 0.562. The van der Waals surface area contributed by atoms with Crippen LogP contribution in [0.2, 0.25) is 0 Å². The van der Waals surface area contributed by atoms with Gasteiger partial charge in [0.1, 0.15) is 5.75 Å². The summed E-state index contributed by atoms with van der Waals surface area (Å²) in [5.41, 5.74) is 2.62. The molecule has 2 nitrogen and oxygen atoms in total. The maximum Gasteiger partial charge on any atom is 0.120 e. The van der Waals surface area contributed by atoms with Gasteiger partial charge in [0.25, 0.3) is 0 Å². The molecule has 12 heavy (non-hydrogen) atoms. The van der Waals surface area contributed by atoms with Crippen LogP contribution in [0.1, 0.15) is 12.5 Å². The summed E-state index contributed by atoms with van der Waals surface area (Å²) in [5, 5.41) is 3.39. The number of ether oxygens (including phenoxy) is 1. The summed E-state index contributed by atoms with van der Waals surface area (Å²) in [5.74, 6) is 0.926. The van der Waals surface area contributed by atoms with Gasteiger partial charge in [-0.3, -0.25) is 0 Å². The van der Waals surface area contributed by atoms with Gasteiger partial charge in [0.05, 0.1) is 7.11 Å². The van der Waals surface area contributed by atoms with Crippen LogP contribution in [0.15, 0.2) is 18.2 Å². The van der Waals surface area contributed by atoms with Crippen molar-refractivity contribution in [2.45, 2.75) is 19.4 Å². The third-order valence-corrected chi connectivity index (χ3v) is 2.25. The van der Waals surface area contributed by atoms with Gasteiger partial charge in [0, 0.05) is 17.8 Å². The number of methoxy groups -OCH3 is 1. The second kappa shape index (κ2) is 2.70. The Morgan fingerprint density at radius 3 is 3.08 bits per heavy atom. The van der Waals surface area contributed by atoms with Crippen LogP contribution in [-0.4, -0.2) is 13.2 Å². The van der Waals surface area contributed by atoms with E-state index in [2.05, 4.69) is 24.4 Å². The van der Waals surface area contributed by atoms with Gasteiger partial charge in [-0.15, -0.1) is 0 Å². The number of benzene rings is 1.